The molecule has 0 bridgehead atoms. The molecule has 1 aliphatic carbocycles. The molecule has 1 unspecified atom stereocenters. The molecule has 1 atom stereocenters. The van der Waals surface area contributed by atoms with Crippen molar-refractivity contribution in [3.05, 3.63) is 29.8 Å². The van der Waals surface area contributed by atoms with Crippen molar-refractivity contribution < 1.29 is 14.3 Å². The van der Waals surface area contributed by atoms with Crippen molar-refractivity contribution >= 4 is 18.3 Å². The number of rotatable bonds is 8. The summed E-state index contributed by atoms with van der Waals surface area (Å²) in [7, 11) is 0. The third kappa shape index (κ3) is 7.68. The van der Waals surface area contributed by atoms with Crippen LogP contribution in [0.2, 0.25) is 0 Å². The molecule has 27 heavy (non-hydrogen) atoms. The van der Waals surface area contributed by atoms with Gasteiger partial charge in [-0.2, -0.15) is 0 Å². The third-order valence-electron chi connectivity index (χ3n) is 5.28. The molecule has 0 radical (unpaired) electrons. The van der Waals surface area contributed by atoms with Crippen molar-refractivity contribution in [1.29, 1.82) is 0 Å². The van der Waals surface area contributed by atoms with Crippen molar-refractivity contribution in [2.75, 3.05) is 26.3 Å². The highest BCUT2D eigenvalue weighted by Crippen LogP contribution is 2.17. The number of hydrogen-bond acceptors (Lipinski definition) is 4. The lowest BCUT2D eigenvalue weighted by Crippen LogP contribution is -2.36. The molecule has 0 aromatic heterocycles. The van der Waals surface area contributed by atoms with Crippen LogP contribution in [0.1, 0.15) is 61.7 Å². The van der Waals surface area contributed by atoms with E-state index in [1.807, 2.05) is 24.3 Å². The largest absolute Gasteiger partial charge is 0.491 e. The first-order chi connectivity index (χ1) is 12.8. The topological polar surface area (TPSA) is 59.6 Å². The number of amides is 1. The van der Waals surface area contributed by atoms with Crippen LogP contribution in [-0.2, 0) is 4.74 Å². The van der Waals surface area contributed by atoms with Crippen molar-refractivity contribution in [3.63, 3.8) is 0 Å². The van der Waals surface area contributed by atoms with Crippen LogP contribution in [0.5, 0.6) is 5.75 Å². The van der Waals surface area contributed by atoms with E-state index in [-0.39, 0.29) is 24.4 Å². The van der Waals surface area contributed by atoms with Crippen LogP contribution in [0.4, 0.5) is 0 Å². The molecule has 5 nitrogen and oxygen atoms in total. The van der Waals surface area contributed by atoms with Crippen LogP contribution in [0, 0.1) is 0 Å². The Labute approximate surface area is 169 Å². The summed E-state index contributed by atoms with van der Waals surface area (Å²) < 4.78 is 11.3. The summed E-state index contributed by atoms with van der Waals surface area (Å²) in [6, 6.07) is 7.97. The Hall–Kier alpha value is -1.30. The summed E-state index contributed by atoms with van der Waals surface area (Å²) in [5.74, 6) is 0.755. The molecule has 0 spiro atoms. The number of halogens is 1. The number of hydrogen-bond donors (Lipinski definition) is 2. The number of carbonyl (C=O) groups excluding carboxylic acids is 1. The van der Waals surface area contributed by atoms with Gasteiger partial charge in [0.1, 0.15) is 12.4 Å². The zero-order chi connectivity index (χ0) is 18.0. The first kappa shape index (κ1) is 22.0. The quantitative estimate of drug-likeness (QED) is 0.519. The summed E-state index contributed by atoms with van der Waals surface area (Å²) in [4.78, 5) is 12.2. The second kappa shape index (κ2) is 12.2. The molecule has 152 valence electrons. The maximum absolute atomic E-state index is 12.2. The van der Waals surface area contributed by atoms with Gasteiger partial charge in [0.05, 0.1) is 6.10 Å². The molecule has 3 rings (SSSR count). The number of nitrogens with one attached hydrogen (secondary N) is 2. The van der Waals surface area contributed by atoms with Gasteiger partial charge in [0.25, 0.3) is 5.91 Å². The van der Waals surface area contributed by atoms with E-state index in [0.717, 1.165) is 31.7 Å². The van der Waals surface area contributed by atoms with E-state index in [9.17, 15) is 4.79 Å². The lowest BCUT2D eigenvalue weighted by molar-refractivity contribution is 0.0679. The minimum atomic E-state index is -0.0293. The minimum absolute atomic E-state index is 0. The molecule has 1 aliphatic heterocycles. The van der Waals surface area contributed by atoms with Gasteiger partial charge in [-0.05, 0) is 49.9 Å². The van der Waals surface area contributed by atoms with Gasteiger partial charge in [-0.1, -0.05) is 25.7 Å². The van der Waals surface area contributed by atoms with E-state index in [0.29, 0.717) is 24.8 Å². The molecule has 1 heterocycles. The van der Waals surface area contributed by atoms with Crippen molar-refractivity contribution in [3.8, 4) is 5.75 Å². The highest BCUT2D eigenvalue weighted by Gasteiger charge is 2.16. The molecule has 2 aliphatic rings. The fraction of sp³-hybridized carbons (Fsp3) is 0.667. The maximum atomic E-state index is 12.2. The smallest absolute Gasteiger partial charge is 0.251 e. The van der Waals surface area contributed by atoms with E-state index in [1.54, 1.807) is 0 Å². The normalized spacial score (nSPS) is 20.5. The van der Waals surface area contributed by atoms with Gasteiger partial charge in [0.15, 0.2) is 0 Å². The van der Waals surface area contributed by atoms with E-state index >= 15 is 0 Å². The van der Waals surface area contributed by atoms with Crippen LogP contribution in [0.15, 0.2) is 24.3 Å². The SMILES string of the molecule is Cl.O=C(NCCNC1CCCCCC1)c1ccc(OCC2CCCO2)cc1. The van der Waals surface area contributed by atoms with Crippen molar-refractivity contribution in [2.24, 2.45) is 0 Å². The van der Waals surface area contributed by atoms with E-state index in [2.05, 4.69) is 10.6 Å². The van der Waals surface area contributed by atoms with Gasteiger partial charge >= 0.3 is 0 Å². The summed E-state index contributed by atoms with van der Waals surface area (Å²) in [6.45, 7) is 2.91. The van der Waals surface area contributed by atoms with Gasteiger partial charge in [0, 0.05) is 31.3 Å². The van der Waals surface area contributed by atoms with Crippen molar-refractivity contribution in [2.45, 2.75) is 63.5 Å². The third-order valence-corrected chi connectivity index (χ3v) is 5.28. The molecule has 1 saturated carbocycles. The Kier molecular flexibility index (Phi) is 9.95. The Bertz CT molecular complexity index is 539. The highest BCUT2D eigenvalue weighted by atomic mass is 35.5. The lowest BCUT2D eigenvalue weighted by Gasteiger charge is -2.16. The van der Waals surface area contributed by atoms with E-state index < -0.39 is 0 Å². The molecule has 2 fully saturated rings. The second-order valence-electron chi connectivity index (χ2n) is 7.37. The number of benzene rings is 1. The van der Waals surface area contributed by atoms with Crippen LogP contribution in [-0.4, -0.2) is 44.4 Å². The van der Waals surface area contributed by atoms with Gasteiger partial charge in [-0.3, -0.25) is 4.79 Å². The standard InChI is InChI=1S/C21H32N2O3.ClH/c24-21(23-14-13-22-18-6-3-1-2-4-7-18)17-9-11-19(12-10-17)26-16-20-8-5-15-25-20;/h9-12,18,20,22H,1-8,13-16H2,(H,23,24);1H. The van der Waals surface area contributed by atoms with Crippen molar-refractivity contribution in [1.82, 2.24) is 10.6 Å². The first-order valence-electron chi connectivity index (χ1n) is 10.2. The average molecular weight is 397 g/mol. The van der Waals surface area contributed by atoms with Crippen LogP contribution in [0.3, 0.4) is 0 Å². The Morgan fingerprint density at radius 3 is 2.41 bits per heavy atom. The maximum Gasteiger partial charge on any atom is 0.251 e. The highest BCUT2D eigenvalue weighted by molar-refractivity contribution is 5.94. The lowest BCUT2D eigenvalue weighted by atomic mass is 10.1. The molecule has 2 N–H and O–H groups in total. The molecule has 1 aromatic carbocycles. The monoisotopic (exact) mass is 396 g/mol. The van der Waals surface area contributed by atoms with E-state index in [4.69, 9.17) is 9.47 Å². The van der Waals surface area contributed by atoms with E-state index in [1.165, 1.54) is 38.5 Å². The molecule has 6 heteroatoms. The fourth-order valence-electron chi connectivity index (χ4n) is 3.71. The molecule has 1 saturated heterocycles. The van der Waals surface area contributed by atoms with Gasteiger partial charge < -0.3 is 20.1 Å². The Morgan fingerprint density at radius 2 is 1.74 bits per heavy atom. The summed E-state index contributed by atoms with van der Waals surface area (Å²) in [6.07, 6.45) is 10.3. The minimum Gasteiger partial charge on any atom is -0.491 e. The zero-order valence-electron chi connectivity index (χ0n) is 16.1. The molecule has 1 amide bonds. The first-order valence-corrected chi connectivity index (χ1v) is 10.2. The predicted molar refractivity (Wildman–Crippen MR) is 110 cm³/mol. The average Bonchev–Trinajstić information content (AvgIpc) is 3.06. The second-order valence-corrected chi connectivity index (χ2v) is 7.37. The van der Waals surface area contributed by atoms with Crippen LogP contribution in [0.25, 0.3) is 0 Å². The molecule has 1 aromatic rings. The number of carbonyl (C=O) groups is 1. The Morgan fingerprint density at radius 1 is 1.00 bits per heavy atom. The van der Waals surface area contributed by atoms with Gasteiger partial charge in [-0.25, -0.2) is 0 Å². The molecular weight excluding hydrogens is 364 g/mol. The van der Waals surface area contributed by atoms with Gasteiger partial charge in [-0.15, -0.1) is 12.4 Å². The number of ether oxygens (including phenoxy) is 2. The summed E-state index contributed by atoms with van der Waals surface area (Å²) >= 11 is 0. The van der Waals surface area contributed by atoms with Crippen LogP contribution >= 0.6 is 12.4 Å². The zero-order valence-corrected chi connectivity index (χ0v) is 16.9. The van der Waals surface area contributed by atoms with Crippen LogP contribution < -0.4 is 15.4 Å². The fourth-order valence-corrected chi connectivity index (χ4v) is 3.71. The summed E-state index contributed by atoms with van der Waals surface area (Å²) in [5.41, 5.74) is 0.670. The van der Waals surface area contributed by atoms with Gasteiger partial charge in [0.2, 0.25) is 0 Å². The Balaban J connectivity index is 0.00000261. The molecular formula is C21H33ClN2O3. The summed E-state index contributed by atoms with van der Waals surface area (Å²) in [5, 5.41) is 6.56. The predicted octanol–water partition coefficient (Wildman–Crippen LogP) is 3.71.